The van der Waals surface area contributed by atoms with Crippen molar-refractivity contribution in [1.29, 1.82) is 0 Å². The summed E-state index contributed by atoms with van der Waals surface area (Å²) >= 11 is 0. The minimum Gasteiger partial charge on any atom is -0.336 e. The smallest absolute Gasteiger partial charge is 0.315 e. The summed E-state index contributed by atoms with van der Waals surface area (Å²) in [5.41, 5.74) is 0. The Labute approximate surface area is 91.0 Å². The zero-order valence-corrected chi connectivity index (χ0v) is 9.49. The SMILES string of the molecule is CC(C)NC(=O)NC1C2C3CCC(C3)C12. The lowest BCUT2D eigenvalue weighted by atomic mass is 10.0. The lowest BCUT2D eigenvalue weighted by molar-refractivity contribution is 0.236. The molecular weight excluding hydrogens is 188 g/mol. The minimum atomic E-state index is 0.0313. The van der Waals surface area contributed by atoms with Crippen molar-refractivity contribution in [2.45, 2.75) is 45.2 Å². The Bertz CT molecular complexity index is 273. The molecule has 0 aliphatic heterocycles. The molecule has 0 radical (unpaired) electrons. The van der Waals surface area contributed by atoms with E-state index in [0.717, 1.165) is 23.7 Å². The molecule has 84 valence electrons. The monoisotopic (exact) mass is 208 g/mol. The zero-order valence-electron chi connectivity index (χ0n) is 9.49. The summed E-state index contributed by atoms with van der Waals surface area (Å²) in [6.07, 6.45) is 4.27. The third-order valence-electron chi connectivity index (χ3n) is 4.45. The standard InChI is InChI=1S/C12H20N2O/c1-6(2)13-12(15)14-11-9-7-3-4-8(5-7)10(9)11/h6-11H,3-5H2,1-2H3,(H2,13,14,15). The molecule has 0 spiro atoms. The molecular formula is C12H20N2O. The van der Waals surface area contributed by atoms with Gasteiger partial charge in [0.1, 0.15) is 0 Å². The van der Waals surface area contributed by atoms with E-state index >= 15 is 0 Å². The van der Waals surface area contributed by atoms with E-state index < -0.39 is 0 Å². The fraction of sp³-hybridized carbons (Fsp3) is 0.917. The molecule has 3 fully saturated rings. The first kappa shape index (κ1) is 9.49. The van der Waals surface area contributed by atoms with E-state index in [0.29, 0.717) is 6.04 Å². The van der Waals surface area contributed by atoms with Gasteiger partial charge in [0.2, 0.25) is 0 Å². The highest BCUT2D eigenvalue weighted by atomic mass is 16.2. The van der Waals surface area contributed by atoms with Gasteiger partial charge >= 0.3 is 6.03 Å². The molecule has 4 atom stereocenters. The molecule has 0 aromatic carbocycles. The van der Waals surface area contributed by atoms with Crippen molar-refractivity contribution in [1.82, 2.24) is 10.6 Å². The van der Waals surface area contributed by atoms with E-state index in [9.17, 15) is 4.79 Å². The maximum atomic E-state index is 11.5. The third-order valence-corrected chi connectivity index (χ3v) is 4.45. The summed E-state index contributed by atoms with van der Waals surface area (Å²) in [5.74, 6) is 3.54. The highest BCUT2D eigenvalue weighted by Gasteiger charge is 2.65. The van der Waals surface area contributed by atoms with Crippen molar-refractivity contribution in [3.05, 3.63) is 0 Å². The van der Waals surface area contributed by atoms with Gasteiger partial charge in [-0.25, -0.2) is 4.79 Å². The summed E-state index contributed by atoms with van der Waals surface area (Å²) in [7, 11) is 0. The fourth-order valence-electron chi connectivity index (χ4n) is 3.97. The fourth-order valence-corrected chi connectivity index (χ4v) is 3.97. The number of carbonyl (C=O) groups excluding carboxylic acids is 1. The number of urea groups is 1. The van der Waals surface area contributed by atoms with Crippen LogP contribution in [0.4, 0.5) is 4.79 Å². The van der Waals surface area contributed by atoms with Crippen molar-refractivity contribution in [3.8, 4) is 0 Å². The van der Waals surface area contributed by atoms with Crippen LogP contribution in [0, 0.1) is 23.7 Å². The van der Waals surface area contributed by atoms with Gasteiger partial charge in [-0.2, -0.15) is 0 Å². The van der Waals surface area contributed by atoms with Gasteiger partial charge in [-0.3, -0.25) is 0 Å². The summed E-state index contributed by atoms with van der Waals surface area (Å²) in [4.78, 5) is 11.5. The van der Waals surface area contributed by atoms with Crippen molar-refractivity contribution < 1.29 is 4.79 Å². The van der Waals surface area contributed by atoms with Gasteiger partial charge in [-0.05, 0) is 56.8 Å². The van der Waals surface area contributed by atoms with Gasteiger partial charge in [-0.15, -0.1) is 0 Å². The van der Waals surface area contributed by atoms with E-state index in [1.165, 1.54) is 19.3 Å². The highest BCUT2D eigenvalue weighted by molar-refractivity contribution is 5.75. The largest absolute Gasteiger partial charge is 0.336 e. The lowest BCUT2D eigenvalue weighted by Crippen LogP contribution is -2.42. The van der Waals surface area contributed by atoms with Crippen LogP contribution in [-0.4, -0.2) is 18.1 Å². The number of rotatable bonds is 2. The van der Waals surface area contributed by atoms with Crippen LogP contribution in [0.5, 0.6) is 0 Å². The van der Waals surface area contributed by atoms with Gasteiger partial charge in [0.05, 0.1) is 0 Å². The molecule has 0 aromatic rings. The van der Waals surface area contributed by atoms with Crippen molar-refractivity contribution in [2.75, 3.05) is 0 Å². The quantitative estimate of drug-likeness (QED) is 0.713. The lowest BCUT2D eigenvalue weighted by Gasteiger charge is -2.13. The number of nitrogens with one attached hydrogen (secondary N) is 2. The van der Waals surface area contributed by atoms with Crippen LogP contribution in [0.2, 0.25) is 0 Å². The van der Waals surface area contributed by atoms with E-state index in [-0.39, 0.29) is 12.1 Å². The molecule has 2 amide bonds. The number of carbonyl (C=O) groups is 1. The molecule has 3 aliphatic carbocycles. The molecule has 4 unspecified atom stereocenters. The average molecular weight is 208 g/mol. The Morgan fingerprint density at radius 1 is 1.20 bits per heavy atom. The molecule has 3 aliphatic rings. The number of hydrogen-bond acceptors (Lipinski definition) is 1. The topological polar surface area (TPSA) is 41.1 Å². The molecule has 3 rings (SSSR count). The van der Waals surface area contributed by atoms with Crippen molar-refractivity contribution in [2.24, 2.45) is 23.7 Å². The molecule has 2 bridgehead atoms. The first-order chi connectivity index (χ1) is 7.16. The van der Waals surface area contributed by atoms with Gasteiger partial charge in [0.25, 0.3) is 0 Å². The summed E-state index contributed by atoms with van der Waals surface area (Å²) < 4.78 is 0. The maximum absolute atomic E-state index is 11.5. The first-order valence-corrected chi connectivity index (χ1v) is 6.24. The minimum absolute atomic E-state index is 0.0313. The van der Waals surface area contributed by atoms with Crippen molar-refractivity contribution in [3.63, 3.8) is 0 Å². The Hall–Kier alpha value is -0.730. The van der Waals surface area contributed by atoms with Crippen LogP contribution in [0.3, 0.4) is 0 Å². The van der Waals surface area contributed by atoms with Crippen LogP contribution in [0.1, 0.15) is 33.1 Å². The van der Waals surface area contributed by atoms with E-state index in [2.05, 4.69) is 10.6 Å². The predicted molar refractivity (Wildman–Crippen MR) is 58.4 cm³/mol. The van der Waals surface area contributed by atoms with Gasteiger partial charge < -0.3 is 10.6 Å². The molecule has 0 heterocycles. The second-order valence-electron chi connectivity index (χ2n) is 5.79. The first-order valence-electron chi connectivity index (χ1n) is 6.24. The van der Waals surface area contributed by atoms with E-state index in [1.54, 1.807) is 0 Å². The van der Waals surface area contributed by atoms with Gasteiger partial charge in [0, 0.05) is 12.1 Å². The molecule has 3 heteroatoms. The molecule has 2 N–H and O–H groups in total. The van der Waals surface area contributed by atoms with E-state index in [4.69, 9.17) is 0 Å². The second kappa shape index (κ2) is 3.13. The summed E-state index contributed by atoms with van der Waals surface area (Å²) in [6, 6.07) is 0.777. The Kier molecular flexibility index (Phi) is 1.98. The van der Waals surface area contributed by atoms with Crippen molar-refractivity contribution >= 4 is 6.03 Å². The zero-order chi connectivity index (χ0) is 10.6. The third kappa shape index (κ3) is 1.44. The van der Waals surface area contributed by atoms with Gasteiger partial charge in [-0.1, -0.05) is 0 Å². The predicted octanol–water partition coefficient (Wildman–Crippen LogP) is 1.74. The number of fused-ring (bicyclic) bond motifs is 5. The van der Waals surface area contributed by atoms with Crippen LogP contribution >= 0.6 is 0 Å². The number of amides is 2. The molecule has 3 saturated carbocycles. The van der Waals surface area contributed by atoms with Crippen LogP contribution < -0.4 is 10.6 Å². The number of hydrogen-bond donors (Lipinski definition) is 2. The molecule has 3 nitrogen and oxygen atoms in total. The Morgan fingerprint density at radius 3 is 2.33 bits per heavy atom. The molecule has 0 aromatic heterocycles. The summed E-state index contributed by atoms with van der Waals surface area (Å²) in [5, 5.41) is 6.04. The Balaban J connectivity index is 1.53. The normalized spacial score (nSPS) is 45.4. The summed E-state index contributed by atoms with van der Waals surface area (Å²) in [6.45, 7) is 3.99. The highest BCUT2D eigenvalue weighted by Crippen LogP contribution is 2.65. The van der Waals surface area contributed by atoms with Crippen LogP contribution in [-0.2, 0) is 0 Å². The maximum Gasteiger partial charge on any atom is 0.315 e. The average Bonchev–Trinajstić information content (AvgIpc) is 2.58. The van der Waals surface area contributed by atoms with Crippen LogP contribution in [0.25, 0.3) is 0 Å². The van der Waals surface area contributed by atoms with Crippen LogP contribution in [0.15, 0.2) is 0 Å². The molecule has 15 heavy (non-hydrogen) atoms. The van der Waals surface area contributed by atoms with Gasteiger partial charge in [0.15, 0.2) is 0 Å². The molecule has 0 saturated heterocycles. The second-order valence-corrected chi connectivity index (χ2v) is 5.79. The Morgan fingerprint density at radius 2 is 1.80 bits per heavy atom. The van der Waals surface area contributed by atoms with E-state index in [1.807, 2.05) is 13.8 Å².